The van der Waals surface area contributed by atoms with Crippen molar-refractivity contribution in [3.63, 3.8) is 0 Å². The van der Waals surface area contributed by atoms with Gasteiger partial charge in [0.1, 0.15) is 18.4 Å². The van der Waals surface area contributed by atoms with Crippen molar-refractivity contribution in [3.8, 4) is 22.9 Å². The van der Waals surface area contributed by atoms with Gasteiger partial charge in [-0.05, 0) is 141 Å². The van der Waals surface area contributed by atoms with Crippen molar-refractivity contribution in [1.82, 2.24) is 20.2 Å². The van der Waals surface area contributed by atoms with Gasteiger partial charge < -0.3 is 18.9 Å². The van der Waals surface area contributed by atoms with E-state index in [9.17, 15) is 9.59 Å². The lowest BCUT2D eigenvalue weighted by Gasteiger charge is -2.70. The molecule has 1 aromatic heterocycles. The summed E-state index contributed by atoms with van der Waals surface area (Å²) >= 11 is 0. The number of ketones is 1. The number of benzene rings is 1. The van der Waals surface area contributed by atoms with Gasteiger partial charge >= 0.3 is 5.97 Å². The van der Waals surface area contributed by atoms with E-state index in [1.165, 1.54) is 4.68 Å². The molecule has 9 atom stereocenters. The highest BCUT2D eigenvalue weighted by atomic mass is 16.7. The first-order chi connectivity index (χ1) is 23.5. The van der Waals surface area contributed by atoms with Crippen molar-refractivity contribution in [2.24, 2.45) is 45.3 Å². The zero-order valence-electron chi connectivity index (χ0n) is 31.3. The van der Waals surface area contributed by atoms with Crippen LogP contribution in [0.5, 0.6) is 11.5 Å². The van der Waals surface area contributed by atoms with Crippen molar-refractivity contribution in [1.29, 1.82) is 0 Å². The number of carbonyl (C=O) groups is 2. The number of hydrogen-bond donors (Lipinski definition) is 0. The van der Waals surface area contributed by atoms with Gasteiger partial charge in [-0.25, -0.2) is 4.68 Å². The molecule has 2 aromatic rings. The molecular formula is C40H56N4O6. The molecule has 1 saturated heterocycles. The van der Waals surface area contributed by atoms with Crippen molar-refractivity contribution >= 4 is 11.8 Å². The van der Waals surface area contributed by atoms with Gasteiger partial charge in [-0.3, -0.25) is 9.59 Å². The Morgan fingerprint density at radius 3 is 2.46 bits per heavy atom. The Hall–Kier alpha value is -3.01. The Bertz CT molecular complexity index is 1700. The van der Waals surface area contributed by atoms with Gasteiger partial charge in [-0.1, -0.05) is 34.6 Å². The fraction of sp³-hybridized carbons (Fsp3) is 0.775. The number of fused-ring (bicyclic) bond motifs is 6. The number of ether oxygens (including phenoxy) is 4. The summed E-state index contributed by atoms with van der Waals surface area (Å²) in [6, 6.07) is 5.55. The van der Waals surface area contributed by atoms with Crippen LogP contribution in [-0.4, -0.2) is 56.1 Å². The van der Waals surface area contributed by atoms with Gasteiger partial charge in [0.15, 0.2) is 17.3 Å². The summed E-state index contributed by atoms with van der Waals surface area (Å²) in [6.07, 6.45) is 9.61. The Kier molecular flexibility index (Phi) is 7.67. The molecule has 0 unspecified atom stereocenters. The highest BCUT2D eigenvalue weighted by molar-refractivity contribution is 5.85. The summed E-state index contributed by atoms with van der Waals surface area (Å²) in [4.78, 5) is 27.5. The van der Waals surface area contributed by atoms with Gasteiger partial charge in [0.2, 0.25) is 6.79 Å². The summed E-state index contributed by atoms with van der Waals surface area (Å²) < 4.78 is 26.5. The molecule has 1 aromatic carbocycles. The first-order valence-corrected chi connectivity index (χ1v) is 19.1. The maximum absolute atomic E-state index is 14.2. The van der Waals surface area contributed by atoms with Crippen LogP contribution >= 0.6 is 0 Å². The summed E-state index contributed by atoms with van der Waals surface area (Å²) in [5.41, 5.74) is -0.0972. The monoisotopic (exact) mass is 688 g/mol. The minimum Gasteiger partial charge on any atom is -0.461 e. The Balaban J connectivity index is 1.14. The van der Waals surface area contributed by atoms with E-state index in [4.69, 9.17) is 18.9 Å². The average molecular weight is 689 g/mol. The van der Waals surface area contributed by atoms with Crippen molar-refractivity contribution in [2.75, 3.05) is 6.79 Å². The fourth-order valence-corrected chi connectivity index (χ4v) is 13.1. The number of rotatable bonds is 5. The minimum atomic E-state index is -0.351. The minimum absolute atomic E-state index is 0.0172. The first-order valence-electron chi connectivity index (χ1n) is 19.1. The van der Waals surface area contributed by atoms with Crippen LogP contribution in [0.2, 0.25) is 0 Å². The molecule has 4 aliphatic carbocycles. The van der Waals surface area contributed by atoms with Gasteiger partial charge in [-0.15, -0.1) is 5.10 Å². The molecular weight excluding hydrogens is 632 g/mol. The van der Waals surface area contributed by atoms with Crippen LogP contribution in [0.1, 0.15) is 120 Å². The Labute approximate surface area is 296 Å². The lowest BCUT2D eigenvalue weighted by Crippen LogP contribution is -2.67. The number of tetrazole rings is 1. The number of aromatic nitrogens is 4. The number of carbonyl (C=O) groups excluding carboxylic acids is 2. The van der Waals surface area contributed by atoms with Crippen LogP contribution in [0.15, 0.2) is 18.2 Å². The standard InChI is InChI=1S/C40H56N4O6/c1-35(2)15-9-16-40(8,50-35)25-12-18-39(7)33(25)28(21-30-37(5)17-14-31(45)36(3,4)29(37)13-19-38(30,39)6)49-32(46)22-44-34(41-42-43-44)24-10-11-26-27(20-24)48-23-47-26/h10-11,20,25,28-30,33H,9,12-19,21-23H2,1-8H3/t25-,28+,29-,30+,33-,37-,38+,39+,40+/m0/s1. The predicted molar refractivity (Wildman–Crippen MR) is 186 cm³/mol. The summed E-state index contributed by atoms with van der Waals surface area (Å²) in [6.45, 7) is 18.8. The van der Waals surface area contributed by atoms with Crippen LogP contribution < -0.4 is 9.47 Å². The van der Waals surface area contributed by atoms with E-state index in [2.05, 4.69) is 70.9 Å². The van der Waals surface area contributed by atoms with E-state index in [1.807, 2.05) is 18.2 Å². The lowest BCUT2D eigenvalue weighted by atomic mass is 9.35. The topological polar surface area (TPSA) is 115 Å². The molecule has 3 heterocycles. The molecule has 4 saturated carbocycles. The zero-order valence-corrected chi connectivity index (χ0v) is 31.3. The maximum Gasteiger partial charge on any atom is 0.328 e. The average Bonchev–Trinajstić information content (AvgIpc) is 3.79. The van der Waals surface area contributed by atoms with Gasteiger partial charge in [-0.2, -0.15) is 0 Å². The maximum atomic E-state index is 14.2. The van der Waals surface area contributed by atoms with E-state index in [0.29, 0.717) is 41.4 Å². The molecule has 0 radical (unpaired) electrons. The second-order valence-electron chi connectivity index (χ2n) is 18.8. The molecule has 272 valence electrons. The van der Waals surface area contributed by atoms with E-state index in [-0.39, 0.29) is 70.1 Å². The van der Waals surface area contributed by atoms with E-state index in [0.717, 1.165) is 63.4 Å². The van der Waals surface area contributed by atoms with Gasteiger partial charge in [0.05, 0.1) is 11.2 Å². The second-order valence-corrected chi connectivity index (χ2v) is 18.8. The number of esters is 1. The molecule has 10 heteroatoms. The van der Waals surface area contributed by atoms with E-state index < -0.39 is 0 Å². The van der Waals surface area contributed by atoms with E-state index in [1.54, 1.807) is 0 Å². The molecule has 0 N–H and O–H groups in total. The third-order valence-corrected chi connectivity index (χ3v) is 15.6. The van der Waals surface area contributed by atoms with Crippen molar-refractivity contribution in [3.05, 3.63) is 18.2 Å². The lowest BCUT2D eigenvalue weighted by molar-refractivity contribution is -0.252. The summed E-state index contributed by atoms with van der Waals surface area (Å²) in [5.74, 6) is 2.92. The molecule has 2 aliphatic heterocycles. The summed E-state index contributed by atoms with van der Waals surface area (Å²) in [5, 5.41) is 12.4. The molecule has 6 aliphatic rings. The molecule has 0 bridgehead atoms. The SMILES string of the molecule is CC1(C)CCC[C@](C)([C@H]2CC[C@]3(C)[C@@H]2[C@H](OC(=O)Cn2nnnc2-c2ccc4c(c2)OCO4)C[C@@H]2[C@@]4(C)CCC(=O)C(C)(C)[C@@H]4CC[C@]23C)O1. The van der Waals surface area contributed by atoms with E-state index >= 15 is 0 Å². The Morgan fingerprint density at radius 1 is 0.920 bits per heavy atom. The van der Waals surface area contributed by atoms with Crippen LogP contribution in [0.25, 0.3) is 11.4 Å². The van der Waals surface area contributed by atoms with Crippen LogP contribution in [-0.2, 0) is 25.6 Å². The van der Waals surface area contributed by atoms with Crippen LogP contribution in [0, 0.1) is 45.3 Å². The smallest absolute Gasteiger partial charge is 0.328 e. The molecule has 0 spiro atoms. The third-order valence-electron chi connectivity index (χ3n) is 15.6. The van der Waals surface area contributed by atoms with Crippen LogP contribution in [0.4, 0.5) is 0 Å². The normalized spacial score (nSPS) is 41.2. The highest BCUT2D eigenvalue weighted by Gasteiger charge is 2.72. The largest absolute Gasteiger partial charge is 0.461 e. The fourth-order valence-electron chi connectivity index (χ4n) is 13.1. The van der Waals surface area contributed by atoms with Crippen molar-refractivity contribution in [2.45, 2.75) is 143 Å². The second kappa shape index (κ2) is 11.2. The molecule has 50 heavy (non-hydrogen) atoms. The third kappa shape index (κ3) is 4.92. The quantitative estimate of drug-likeness (QED) is 0.293. The highest BCUT2D eigenvalue weighted by Crippen LogP contribution is 2.76. The number of nitrogens with zero attached hydrogens (tertiary/aromatic N) is 4. The molecule has 10 nitrogen and oxygen atoms in total. The molecule has 5 fully saturated rings. The Morgan fingerprint density at radius 2 is 1.68 bits per heavy atom. The van der Waals surface area contributed by atoms with Crippen LogP contribution in [0.3, 0.4) is 0 Å². The molecule has 8 rings (SSSR count). The first kappa shape index (κ1) is 34.1. The van der Waals surface area contributed by atoms with Crippen molar-refractivity contribution < 1.29 is 28.5 Å². The summed E-state index contributed by atoms with van der Waals surface area (Å²) in [7, 11) is 0. The van der Waals surface area contributed by atoms with Gasteiger partial charge in [0.25, 0.3) is 0 Å². The predicted octanol–water partition coefficient (Wildman–Crippen LogP) is 7.58. The van der Waals surface area contributed by atoms with Gasteiger partial charge in [0, 0.05) is 23.3 Å². The number of Topliss-reactive ketones (excluding diaryl/α,β-unsaturated/α-hetero) is 1. The zero-order chi connectivity index (χ0) is 35.5. The number of hydrogen-bond acceptors (Lipinski definition) is 9. The molecule has 0 amide bonds.